The van der Waals surface area contributed by atoms with Gasteiger partial charge >= 0.3 is 5.96 Å². The van der Waals surface area contributed by atoms with Crippen molar-refractivity contribution in [1.29, 1.82) is 0 Å². The van der Waals surface area contributed by atoms with Gasteiger partial charge in [-0.2, -0.15) is 0 Å². The summed E-state index contributed by atoms with van der Waals surface area (Å²) in [7, 11) is 7.04. The van der Waals surface area contributed by atoms with E-state index in [1.807, 2.05) is 0 Å². The molecule has 0 radical (unpaired) electrons. The molecule has 0 amide bonds. The Hall–Kier alpha value is -0.850. The summed E-state index contributed by atoms with van der Waals surface area (Å²) in [5.74, 6) is 0.318. The molecule has 0 atom stereocenters. The standard InChI is InChI=1S/C12H30N6/c1-17(2)8-10-18(3,11-9-17)7-6-15-4-5-16-12(13)14/h15H,4-11H2,1-3H3,(H4,13,14,16)/q+2/p+2. The van der Waals surface area contributed by atoms with Crippen LogP contribution >= 0.6 is 0 Å². The van der Waals surface area contributed by atoms with Crippen molar-refractivity contribution in [2.75, 3.05) is 73.5 Å². The smallest absolute Gasteiger partial charge is 0.338 e. The molecule has 1 rings (SSSR count). The average Bonchev–Trinajstić information content (AvgIpc) is 2.28. The predicted molar refractivity (Wildman–Crippen MR) is 73.5 cm³/mol. The Morgan fingerprint density at radius 3 is 2.22 bits per heavy atom. The third-order valence-electron chi connectivity index (χ3n) is 4.04. The number of hydrogen-bond acceptors (Lipinski definition) is 0. The fourth-order valence-corrected chi connectivity index (χ4v) is 2.34. The van der Waals surface area contributed by atoms with E-state index < -0.39 is 0 Å². The normalized spacial score (nSPS) is 21.5. The number of piperazine rings is 1. The van der Waals surface area contributed by atoms with Gasteiger partial charge < -0.3 is 14.3 Å². The molecule has 0 aromatic carbocycles. The zero-order valence-corrected chi connectivity index (χ0v) is 12.3. The van der Waals surface area contributed by atoms with Crippen LogP contribution in [0.2, 0.25) is 0 Å². The number of guanidine groups is 1. The van der Waals surface area contributed by atoms with Crippen molar-refractivity contribution < 1.29 is 19.3 Å². The zero-order valence-electron chi connectivity index (χ0n) is 12.3. The maximum absolute atomic E-state index is 5.34. The summed E-state index contributed by atoms with van der Waals surface area (Å²) in [6, 6.07) is 0. The number of nitrogens with two attached hydrogens (primary N) is 3. The molecule has 1 saturated heterocycles. The molecule has 0 bridgehead atoms. The Morgan fingerprint density at radius 1 is 1.06 bits per heavy atom. The zero-order chi connectivity index (χ0) is 13.6. The van der Waals surface area contributed by atoms with Crippen LogP contribution in [0.3, 0.4) is 0 Å². The van der Waals surface area contributed by atoms with E-state index in [9.17, 15) is 0 Å². The molecular formula is C12H32N6+4. The molecule has 1 fully saturated rings. The van der Waals surface area contributed by atoms with Gasteiger partial charge in [-0.3, -0.25) is 16.5 Å². The maximum Gasteiger partial charge on any atom is 0.338 e. The fourth-order valence-electron chi connectivity index (χ4n) is 2.34. The number of quaternary nitrogens is 3. The van der Waals surface area contributed by atoms with Crippen LogP contribution in [0.25, 0.3) is 0 Å². The quantitative estimate of drug-likeness (QED) is 0.168. The first-order valence-electron chi connectivity index (χ1n) is 6.92. The summed E-state index contributed by atoms with van der Waals surface area (Å²) in [4.78, 5) is 2.94. The summed E-state index contributed by atoms with van der Waals surface area (Å²) in [6.07, 6.45) is 0. The van der Waals surface area contributed by atoms with Gasteiger partial charge in [-0.05, 0) is 0 Å². The van der Waals surface area contributed by atoms with Crippen molar-refractivity contribution in [3.8, 4) is 0 Å². The summed E-state index contributed by atoms with van der Waals surface area (Å²) in [5, 5.41) is 2.34. The van der Waals surface area contributed by atoms with Gasteiger partial charge in [-0.25, -0.2) is 0 Å². The Bertz CT molecular complexity index is 272. The molecule has 0 aliphatic carbocycles. The van der Waals surface area contributed by atoms with Gasteiger partial charge in [-0.1, -0.05) is 0 Å². The van der Waals surface area contributed by atoms with Crippen molar-refractivity contribution >= 4 is 5.96 Å². The molecule has 6 heteroatoms. The largest absolute Gasteiger partial charge is 0.339 e. The van der Waals surface area contributed by atoms with E-state index in [-0.39, 0.29) is 0 Å². The Kier molecular flexibility index (Phi) is 5.37. The lowest BCUT2D eigenvalue weighted by Gasteiger charge is -2.44. The highest BCUT2D eigenvalue weighted by atomic mass is 15.4. The maximum atomic E-state index is 5.34. The molecule has 1 aliphatic rings. The Balaban J connectivity index is 2.14. The van der Waals surface area contributed by atoms with Crippen LogP contribution in [0.5, 0.6) is 0 Å². The molecule has 0 saturated carbocycles. The number of likely N-dealkylation sites (N-methyl/N-ethyl adjacent to an activating group) is 2. The van der Waals surface area contributed by atoms with Crippen LogP contribution in [0.15, 0.2) is 0 Å². The predicted octanol–water partition coefficient (Wildman–Crippen LogP) is -4.56. The number of rotatable bonds is 6. The van der Waals surface area contributed by atoms with Gasteiger partial charge in [0, 0.05) is 0 Å². The van der Waals surface area contributed by atoms with Gasteiger partial charge in [0.1, 0.15) is 52.4 Å². The van der Waals surface area contributed by atoms with Crippen molar-refractivity contribution in [2.24, 2.45) is 11.5 Å². The molecule has 6 nitrogen and oxygen atoms in total. The Morgan fingerprint density at radius 2 is 1.67 bits per heavy atom. The van der Waals surface area contributed by atoms with E-state index in [0.717, 1.165) is 13.1 Å². The van der Waals surface area contributed by atoms with Gasteiger partial charge in [0.2, 0.25) is 0 Å². The second-order valence-electron chi connectivity index (χ2n) is 6.42. The van der Waals surface area contributed by atoms with Crippen molar-refractivity contribution in [2.45, 2.75) is 0 Å². The highest BCUT2D eigenvalue weighted by Crippen LogP contribution is 2.12. The molecule has 7 N–H and O–H groups in total. The molecule has 106 valence electrons. The number of hydrogen-bond donors (Lipinski definition) is 4. The topological polar surface area (TPSA) is 82.6 Å². The fraction of sp³-hybridized carbons (Fsp3) is 0.917. The van der Waals surface area contributed by atoms with Crippen LogP contribution < -0.4 is 21.8 Å². The molecular weight excluding hydrogens is 228 g/mol. The van der Waals surface area contributed by atoms with Crippen LogP contribution in [0, 0.1) is 0 Å². The minimum atomic E-state index is 0.318. The molecule has 0 unspecified atom stereocenters. The molecule has 1 aliphatic heterocycles. The third kappa shape index (κ3) is 5.66. The van der Waals surface area contributed by atoms with Gasteiger partial charge in [0.05, 0.1) is 21.1 Å². The summed E-state index contributed by atoms with van der Waals surface area (Å²) in [5.41, 5.74) is 10.7. The van der Waals surface area contributed by atoms with Gasteiger partial charge in [-0.15, -0.1) is 0 Å². The second-order valence-corrected chi connectivity index (χ2v) is 6.42. The highest BCUT2D eigenvalue weighted by molar-refractivity contribution is 5.69. The molecule has 18 heavy (non-hydrogen) atoms. The first-order chi connectivity index (χ1) is 8.33. The van der Waals surface area contributed by atoms with E-state index in [2.05, 4.69) is 31.5 Å². The van der Waals surface area contributed by atoms with E-state index in [0.29, 0.717) is 5.96 Å². The Labute approximate surface area is 111 Å². The van der Waals surface area contributed by atoms with Crippen molar-refractivity contribution in [3.63, 3.8) is 0 Å². The van der Waals surface area contributed by atoms with E-state index in [4.69, 9.17) is 11.5 Å². The SMILES string of the molecule is C[N+]1(C)CC[N+](C)(CC[NH2+]CC[NH+]=C(N)N)CC1. The van der Waals surface area contributed by atoms with Gasteiger partial charge in [0.15, 0.2) is 0 Å². The molecule has 0 aromatic heterocycles. The highest BCUT2D eigenvalue weighted by Gasteiger charge is 2.34. The average molecular weight is 260 g/mol. The van der Waals surface area contributed by atoms with Crippen molar-refractivity contribution in [3.05, 3.63) is 0 Å². The minimum Gasteiger partial charge on any atom is -0.339 e. The second kappa shape index (κ2) is 6.36. The first kappa shape index (κ1) is 15.2. The number of nitrogens with zero attached hydrogens (tertiary/aromatic N) is 2. The van der Waals surface area contributed by atoms with E-state index in [1.54, 1.807) is 0 Å². The van der Waals surface area contributed by atoms with Crippen LogP contribution in [0.1, 0.15) is 0 Å². The lowest BCUT2D eigenvalue weighted by molar-refractivity contribution is -1.01. The van der Waals surface area contributed by atoms with Crippen LogP contribution in [-0.4, -0.2) is 88.4 Å². The first-order valence-corrected chi connectivity index (χ1v) is 6.92. The van der Waals surface area contributed by atoms with Crippen LogP contribution in [0.4, 0.5) is 0 Å². The van der Waals surface area contributed by atoms with E-state index >= 15 is 0 Å². The minimum absolute atomic E-state index is 0.318. The molecule has 1 heterocycles. The van der Waals surface area contributed by atoms with E-state index in [1.165, 1.54) is 48.2 Å². The van der Waals surface area contributed by atoms with Crippen molar-refractivity contribution in [1.82, 2.24) is 0 Å². The third-order valence-corrected chi connectivity index (χ3v) is 4.04. The lowest BCUT2D eigenvalue weighted by Crippen LogP contribution is -2.93. The van der Waals surface area contributed by atoms with Gasteiger partial charge in [0.25, 0.3) is 0 Å². The summed E-state index contributed by atoms with van der Waals surface area (Å²) >= 11 is 0. The monoisotopic (exact) mass is 260 g/mol. The summed E-state index contributed by atoms with van der Waals surface area (Å²) in [6.45, 7) is 9.46. The lowest BCUT2D eigenvalue weighted by atomic mass is 10.2. The number of nitrogens with one attached hydrogen (secondary N) is 1. The molecule has 0 spiro atoms. The molecule has 0 aromatic rings. The summed E-state index contributed by atoms with van der Waals surface area (Å²) < 4.78 is 2.39. The van der Waals surface area contributed by atoms with Crippen LogP contribution in [-0.2, 0) is 0 Å².